The molecule has 1 amide bonds. The van der Waals surface area contributed by atoms with Crippen LogP contribution in [0.2, 0.25) is 0 Å². The summed E-state index contributed by atoms with van der Waals surface area (Å²) >= 11 is 0. The lowest BCUT2D eigenvalue weighted by atomic mass is 10.0. The summed E-state index contributed by atoms with van der Waals surface area (Å²) in [6, 6.07) is 18.6. The van der Waals surface area contributed by atoms with Gasteiger partial charge in [-0.3, -0.25) is 9.78 Å². The van der Waals surface area contributed by atoms with Crippen molar-refractivity contribution in [2.75, 3.05) is 7.05 Å². The molecule has 2 heterocycles. The van der Waals surface area contributed by atoms with E-state index in [0.29, 0.717) is 6.42 Å². The van der Waals surface area contributed by atoms with E-state index in [-0.39, 0.29) is 11.9 Å². The van der Waals surface area contributed by atoms with Crippen molar-refractivity contribution in [3.05, 3.63) is 78.1 Å². The van der Waals surface area contributed by atoms with Crippen molar-refractivity contribution >= 4 is 27.7 Å². The molecular weight excluding hydrogens is 334 g/mol. The number of amides is 1. The number of carbonyl (C=O) groups excluding carboxylic acids is 1. The number of rotatable bonds is 4. The Bertz CT molecular complexity index is 1110. The van der Waals surface area contributed by atoms with Gasteiger partial charge in [0.05, 0.1) is 12.5 Å². The first-order valence-corrected chi connectivity index (χ1v) is 9.18. The van der Waals surface area contributed by atoms with Crippen molar-refractivity contribution in [1.82, 2.24) is 14.5 Å². The average molecular weight is 357 g/mol. The summed E-state index contributed by atoms with van der Waals surface area (Å²) in [7, 11) is 3.95. The molecular formula is C23H23N3O. The predicted molar refractivity (Wildman–Crippen MR) is 110 cm³/mol. The molecule has 0 saturated carbocycles. The highest BCUT2D eigenvalue weighted by atomic mass is 16.2. The number of fused-ring (bicyclic) bond motifs is 3. The minimum atomic E-state index is 0.0155. The Hall–Kier alpha value is -3.14. The standard InChI is InChI=1S/C23H23N3O/c1-16(18-10-12-24-13-11-18)25(2)23(27)15-17-8-9-22-20(14-17)19-6-4-5-7-21(19)26(22)3/h4-14,16H,15H2,1-3H3/t16-/m1/s1. The molecule has 0 unspecified atom stereocenters. The number of pyridine rings is 1. The fraction of sp³-hybridized carbons (Fsp3) is 0.217. The van der Waals surface area contributed by atoms with E-state index in [4.69, 9.17) is 0 Å². The first-order chi connectivity index (χ1) is 13.1. The molecule has 4 nitrogen and oxygen atoms in total. The van der Waals surface area contributed by atoms with Crippen molar-refractivity contribution < 1.29 is 4.79 Å². The van der Waals surface area contributed by atoms with E-state index in [1.54, 1.807) is 12.4 Å². The predicted octanol–water partition coefficient (Wildman–Crippen LogP) is 4.49. The second-order valence-corrected chi connectivity index (χ2v) is 7.07. The minimum absolute atomic E-state index is 0.0155. The molecule has 2 aromatic carbocycles. The summed E-state index contributed by atoms with van der Waals surface area (Å²) in [6.07, 6.45) is 3.92. The molecule has 0 fully saturated rings. The highest BCUT2D eigenvalue weighted by Crippen LogP contribution is 2.29. The molecule has 27 heavy (non-hydrogen) atoms. The highest BCUT2D eigenvalue weighted by Gasteiger charge is 2.18. The van der Waals surface area contributed by atoms with E-state index in [1.807, 2.05) is 31.0 Å². The SMILES string of the molecule is C[C@H](c1ccncc1)N(C)C(=O)Cc1ccc2c(c1)c1ccccc1n2C. The maximum Gasteiger partial charge on any atom is 0.227 e. The van der Waals surface area contributed by atoms with Gasteiger partial charge in [0.25, 0.3) is 0 Å². The Morgan fingerprint density at radius 1 is 1.04 bits per heavy atom. The van der Waals surface area contributed by atoms with Crippen LogP contribution in [-0.2, 0) is 18.3 Å². The summed E-state index contributed by atoms with van der Waals surface area (Å²) in [6.45, 7) is 2.04. The van der Waals surface area contributed by atoms with E-state index in [9.17, 15) is 4.79 Å². The van der Waals surface area contributed by atoms with Gasteiger partial charge in [0.15, 0.2) is 0 Å². The number of hydrogen-bond donors (Lipinski definition) is 0. The maximum atomic E-state index is 12.8. The number of carbonyl (C=O) groups is 1. The zero-order chi connectivity index (χ0) is 19.0. The topological polar surface area (TPSA) is 38.1 Å². The molecule has 1 atom stereocenters. The van der Waals surface area contributed by atoms with Crippen LogP contribution in [0.15, 0.2) is 67.0 Å². The van der Waals surface area contributed by atoms with Gasteiger partial charge < -0.3 is 9.47 Å². The molecule has 136 valence electrons. The van der Waals surface area contributed by atoms with Crippen LogP contribution < -0.4 is 0 Å². The molecule has 0 saturated heterocycles. The van der Waals surface area contributed by atoms with Crippen molar-refractivity contribution in [1.29, 1.82) is 0 Å². The Kier molecular flexibility index (Phi) is 4.40. The third kappa shape index (κ3) is 3.08. The van der Waals surface area contributed by atoms with Crippen LogP contribution in [0, 0.1) is 0 Å². The van der Waals surface area contributed by atoms with Crippen LogP contribution in [0.4, 0.5) is 0 Å². The Labute approximate surface area is 159 Å². The van der Waals surface area contributed by atoms with Crippen molar-refractivity contribution in [3.63, 3.8) is 0 Å². The van der Waals surface area contributed by atoms with E-state index >= 15 is 0 Å². The number of likely N-dealkylation sites (N-methyl/N-ethyl adjacent to an activating group) is 1. The Balaban J connectivity index is 1.61. The zero-order valence-corrected chi connectivity index (χ0v) is 15.9. The number of benzene rings is 2. The van der Waals surface area contributed by atoms with Crippen LogP contribution in [0.25, 0.3) is 21.8 Å². The van der Waals surface area contributed by atoms with Crippen molar-refractivity contribution in [3.8, 4) is 0 Å². The van der Waals surface area contributed by atoms with Crippen LogP contribution in [0.1, 0.15) is 24.1 Å². The second-order valence-electron chi connectivity index (χ2n) is 7.07. The number of hydrogen-bond acceptors (Lipinski definition) is 2. The van der Waals surface area contributed by atoms with E-state index in [0.717, 1.165) is 11.1 Å². The number of para-hydroxylation sites is 1. The molecule has 0 spiro atoms. The van der Waals surface area contributed by atoms with Gasteiger partial charge in [0.1, 0.15) is 0 Å². The van der Waals surface area contributed by atoms with Gasteiger partial charge in [-0.25, -0.2) is 0 Å². The van der Waals surface area contributed by atoms with E-state index < -0.39 is 0 Å². The Morgan fingerprint density at radius 3 is 2.52 bits per heavy atom. The molecule has 4 heteroatoms. The lowest BCUT2D eigenvalue weighted by Crippen LogP contribution is -2.30. The lowest BCUT2D eigenvalue weighted by Gasteiger charge is -2.25. The molecule has 0 N–H and O–H groups in total. The van der Waals surface area contributed by atoms with Gasteiger partial charge in [-0.05, 0) is 48.4 Å². The van der Waals surface area contributed by atoms with E-state index in [2.05, 4.69) is 59.1 Å². The second kappa shape index (κ2) is 6.88. The fourth-order valence-corrected chi connectivity index (χ4v) is 3.71. The summed E-state index contributed by atoms with van der Waals surface area (Å²) in [5.74, 6) is 0.110. The largest absolute Gasteiger partial charge is 0.344 e. The fourth-order valence-electron chi connectivity index (χ4n) is 3.71. The molecule has 0 aliphatic rings. The quantitative estimate of drug-likeness (QED) is 0.540. The van der Waals surface area contributed by atoms with E-state index in [1.165, 1.54) is 21.8 Å². The molecule has 4 aromatic rings. The van der Waals surface area contributed by atoms with Gasteiger partial charge in [0, 0.05) is 48.3 Å². The third-order valence-electron chi connectivity index (χ3n) is 5.50. The van der Waals surface area contributed by atoms with Gasteiger partial charge in [-0.2, -0.15) is 0 Å². The molecule has 0 aliphatic carbocycles. The molecule has 2 aromatic heterocycles. The summed E-state index contributed by atoms with van der Waals surface area (Å²) in [5, 5.41) is 2.42. The first kappa shape index (κ1) is 17.3. The van der Waals surface area contributed by atoms with Crippen molar-refractivity contribution in [2.24, 2.45) is 7.05 Å². The lowest BCUT2D eigenvalue weighted by molar-refractivity contribution is -0.131. The maximum absolute atomic E-state index is 12.8. The van der Waals surface area contributed by atoms with Gasteiger partial charge in [-0.1, -0.05) is 24.3 Å². The smallest absolute Gasteiger partial charge is 0.227 e. The number of aromatic nitrogens is 2. The summed E-state index contributed by atoms with van der Waals surface area (Å²) in [5.41, 5.74) is 4.52. The van der Waals surface area contributed by atoms with Crippen LogP contribution >= 0.6 is 0 Å². The summed E-state index contributed by atoms with van der Waals surface area (Å²) in [4.78, 5) is 18.7. The Morgan fingerprint density at radius 2 is 1.74 bits per heavy atom. The van der Waals surface area contributed by atoms with Gasteiger partial charge in [0.2, 0.25) is 5.91 Å². The molecule has 4 rings (SSSR count). The third-order valence-corrected chi connectivity index (χ3v) is 5.50. The molecule has 0 radical (unpaired) electrons. The molecule has 0 aliphatic heterocycles. The zero-order valence-electron chi connectivity index (χ0n) is 15.9. The van der Waals surface area contributed by atoms with Crippen LogP contribution in [-0.4, -0.2) is 27.4 Å². The van der Waals surface area contributed by atoms with Crippen LogP contribution in [0.5, 0.6) is 0 Å². The van der Waals surface area contributed by atoms with Gasteiger partial charge in [-0.15, -0.1) is 0 Å². The van der Waals surface area contributed by atoms with Crippen LogP contribution in [0.3, 0.4) is 0 Å². The highest BCUT2D eigenvalue weighted by molar-refractivity contribution is 6.08. The minimum Gasteiger partial charge on any atom is -0.344 e. The first-order valence-electron chi connectivity index (χ1n) is 9.18. The summed E-state index contributed by atoms with van der Waals surface area (Å²) < 4.78 is 2.20. The number of aryl methyl sites for hydroxylation is 1. The monoisotopic (exact) mass is 357 g/mol. The number of nitrogens with zero attached hydrogens (tertiary/aromatic N) is 3. The van der Waals surface area contributed by atoms with Crippen molar-refractivity contribution in [2.45, 2.75) is 19.4 Å². The normalized spacial score (nSPS) is 12.4. The van der Waals surface area contributed by atoms with Gasteiger partial charge >= 0.3 is 0 Å². The average Bonchev–Trinajstić information content (AvgIpc) is 2.99. The molecule has 0 bridgehead atoms.